The molecule has 0 N–H and O–H groups in total. The molecule has 0 radical (unpaired) electrons. The van der Waals surface area contributed by atoms with E-state index in [0.717, 1.165) is 5.69 Å². The van der Waals surface area contributed by atoms with Gasteiger partial charge < -0.3 is 9.13 Å². The Kier molecular flexibility index (Phi) is 8.45. The number of rotatable bonds is 7. The second-order valence-corrected chi connectivity index (χ2v) is 21.6. The number of hydrogen-bond donors (Lipinski definition) is 0. The quantitative estimate of drug-likeness (QED) is 0.112. The molecule has 0 atom stereocenters. The maximum atomic E-state index is 2.56. The van der Waals surface area contributed by atoms with Crippen molar-refractivity contribution in [3.63, 3.8) is 0 Å². The van der Waals surface area contributed by atoms with Crippen LogP contribution < -0.4 is 20.7 Å². The van der Waals surface area contributed by atoms with Crippen molar-refractivity contribution in [3.8, 4) is 22.5 Å². The van der Waals surface area contributed by atoms with E-state index >= 15 is 0 Å². The van der Waals surface area contributed by atoms with Crippen LogP contribution in [0.25, 0.3) is 86.3 Å². The van der Waals surface area contributed by atoms with Crippen molar-refractivity contribution in [1.29, 1.82) is 0 Å². The number of nitrogens with zero attached hydrogens (tertiary/aromatic N) is 2. The van der Waals surface area contributed by atoms with Gasteiger partial charge in [-0.1, -0.05) is 194 Å². The summed E-state index contributed by atoms with van der Waals surface area (Å²) in [4.78, 5) is 0. The summed E-state index contributed by atoms with van der Waals surface area (Å²) in [6, 6.07) is 90.4. The first-order chi connectivity index (χ1) is 31.8. The van der Waals surface area contributed by atoms with Gasteiger partial charge in [-0.25, -0.2) is 0 Å². The molecule has 300 valence electrons. The van der Waals surface area contributed by atoms with E-state index in [2.05, 4.69) is 252 Å². The third-order valence-electron chi connectivity index (χ3n) is 13.5. The van der Waals surface area contributed by atoms with Crippen LogP contribution in [0, 0.1) is 0 Å². The van der Waals surface area contributed by atoms with Crippen LogP contribution in [-0.2, 0) is 0 Å². The maximum absolute atomic E-state index is 2.77. The lowest BCUT2D eigenvalue weighted by Gasteiger charge is -2.34. The Hall–Kier alpha value is -7.76. The Bertz CT molecular complexity index is 3790. The zero-order valence-corrected chi connectivity index (χ0v) is 36.7. The van der Waals surface area contributed by atoms with Crippen LogP contribution in [0.1, 0.15) is 0 Å². The fraction of sp³-hybridized carbons (Fsp3) is 0. The largest absolute Gasteiger partial charge is 0.309 e. The van der Waals surface area contributed by atoms with E-state index in [1.165, 1.54) is 101 Å². The molecule has 3 aromatic heterocycles. The summed E-state index contributed by atoms with van der Waals surface area (Å²) in [5.74, 6) is 0. The van der Waals surface area contributed by atoms with Crippen molar-refractivity contribution in [1.82, 2.24) is 9.13 Å². The molecule has 4 heteroatoms. The number of para-hydroxylation sites is 4. The molecule has 10 aromatic carbocycles. The van der Waals surface area contributed by atoms with Crippen molar-refractivity contribution in [2.45, 2.75) is 0 Å². The van der Waals surface area contributed by atoms with Gasteiger partial charge in [0.1, 0.15) is 0 Å². The molecule has 13 rings (SSSR count). The predicted octanol–water partition coefficient (Wildman–Crippen LogP) is 13.3. The van der Waals surface area contributed by atoms with Crippen molar-refractivity contribution in [3.05, 3.63) is 243 Å². The highest BCUT2D eigenvalue weighted by atomic mass is 32.1. The molecule has 0 aliphatic carbocycles. The van der Waals surface area contributed by atoms with E-state index in [1.807, 2.05) is 11.3 Å². The van der Waals surface area contributed by atoms with Crippen LogP contribution in [0.15, 0.2) is 243 Å². The molecule has 0 saturated carbocycles. The average molecular weight is 849 g/mol. The lowest BCUT2D eigenvalue weighted by molar-refractivity contribution is 1.17. The Morgan fingerprint density at radius 3 is 1.53 bits per heavy atom. The second kappa shape index (κ2) is 14.7. The second-order valence-electron chi connectivity index (χ2n) is 16.8. The van der Waals surface area contributed by atoms with Crippen LogP contribution in [0.4, 0.5) is 0 Å². The molecular formula is C60H40N2SSi. The fourth-order valence-electron chi connectivity index (χ4n) is 10.9. The molecule has 3 heterocycles. The van der Waals surface area contributed by atoms with Gasteiger partial charge in [-0.3, -0.25) is 0 Å². The Morgan fingerprint density at radius 1 is 0.312 bits per heavy atom. The average Bonchev–Trinajstić information content (AvgIpc) is 4.03. The normalized spacial score (nSPS) is 12.1. The third-order valence-corrected chi connectivity index (χ3v) is 19.4. The van der Waals surface area contributed by atoms with Crippen molar-refractivity contribution in [2.75, 3.05) is 0 Å². The van der Waals surface area contributed by atoms with Crippen molar-refractivity contribution in [2.24, 2.45) is 0 Å². The monoisotopic (exact) mass is 848 g/mol. The lowest BCUT2D eigenvalue weighted by atomic mass is 9.97. The van der Waals surface area contributed by atoms with Gasteiger partial charge in [-0.2, -0.15) is 0 Å². The van der Waals surface area contributed by atoms with Gasteiger partial charge in [0.25, 0.3) is 0 Å². The van der Waals surface area contributed by atoms with Gasteiger partial charge in [-0.15, -0.1) is 11.3 Å². The minimum atomic E-state index is -2.77. The lowest BCUT2D eigenvalue weighted by Crippen LogP contribution is -2.74. The zero-order chi connectivity index (χ0) is 42.2. The molecule has 0 aliphatic heterocycles. The molecule has 0 amide bonds. The van der Waals surface area contributed by atoms with Gasteiger partial charge in [0.05, 0.1) is 27.8 Å². The first-order valence-electron chi connectivity index (χ1n) is 22.0. The van der Waals surface area contributed by atoms with E-state index in [0.29, 0.717) is 0 Å². The van der Waals surface area contributed by atoms with Gasteiger partial charge in [0, 0.05) is 53.0 Å². The third kappa shape index (κ3) is 5.37. The topological polar surface area (TPSA) is 9.86 Å². The van der Waals surface area contributed by atoms with Crippen LogP contribution in [0.2, 0.25) is 0 Å². The van der Waals surface area contributed by atoms with Crippen LogP contribution in [0.3, 0.4) is 0 Å². The van der Waals surface area contributed by atoms with Crippen LogP contribution in [0.5, 0.6) is 0 Å². The minimum absolute atomic E-state index is 1.16. The number of hydrogen-bond acceptors (Lipinski definition) is 1. The summed E-state index contributed by atoms with van der Waals surface area (Å²) in [6.45, 7) is 0. The molecule has 2 nitrogen and oxygen atoms in total. The highest BCUT2D eigenvalue weighted by Crippen LogP contribution is 2.46. The molecule has 0 unspecified atom stereocenters. The molecule has 0 bridgehead atoms. The summed E-state index contributed by atoms with van der Waals surface area (Å²) >= 11 is 1.90. The molecule has 0 fully saturated rings. The summed E-state index contributed by atoms with van der Waals surface area (Å²) in [7, 11) is -2.77. The number of thiophene rings is 1. The maximum Gasteiger partial charge on any atom is 0.179 e. The van der Waals surface area contributed by atoms with Crippen LogP contribution in [-0.4, -0.2) is 17.2 Å². The van der Waals surface area contributed by atoms with E-state index in [1.54, 1.807) is 0 Å². The minimum Gasteiger partial charge on any atom is -0.309 e. The molecule has 64 heavy (non-hydrogen) atoms. The molecular weight excluding hydrogens is 809 g/mol. The van der Waals surface area contributed by atoms with Gasteiger partial charge in [0.2, 0.25) is 0 Å². The highest BCUT2D eigenvalue weighted by molar-refractivity contribution is 7.26. The van der Waals surface area contributed by atoms with E-state index in [-0.39, 0.29) is 0 Å². The number of benzene rings is 10. The van der Waals surface area contributed by atoms with E-state index in [4.69, 9.17) is 0 Å². The molecule has 13 aromatic rings. The Labute approximate surface area is 376 Å². The molecule has 0 spiro atoms. The van der Waals surface area contributed by atoms with Crippen molar-refractivity contribution < 1.29 is 0 Å². The van der Waals surface area contributed by atoms with E-state index in [9.17, 15) is 0 Å². The molecule has 0 aliphatic rings. The summed E-state index contributed by atoms with van der Waals surface area (Å²) < 4.78 is 7.57. The smallest absolute Gasteiger partial charge is 0.179 e. The predicted molar refractivity (Wildman–Crippen MR) is 277 cm³/mol. The van der Waals surface area contributed by atoms with Gasteiger partial charge in [-0.05, 0) is 74.8 Å². The Morgan fingerprint density at radius 2 is 0.844 bits per heavy atom. The van der Waals surface area contributed by atoms with E-state index < -0.39 is 8.07 Å². The summed E-state index contributed by atoms with van der Waals surface area (Å²) in [5, 5.41) is 13.1. The zero-order valence-electron chi connectivity index (χ0n) is 34.9. The van der Waals surface area contributed by atoms with Crippen molar-refractivity contribution >= 4 is 104 Å². The summed E-state index contributed by atoms with van der Waals surface area (Å²) in [5.41, 5.74) is 9.62. The number of fused-ring (bicyclic) bond motifs is 9. The summed E-state index contributed by atoms with van der Waals surface area (Å²) in [6.07, 6.45) is 0. The highest BCUT2D eigenvalue weighted by Gasteiger charge is 2.41. The SMILES string of the molecule is c1ccc(-n2c3ccccc3c3c(-n4c5ccccc5c5cccc(-c6cccc7sc8ccc([Si](c9ccccc9)(c9ccccc9)c9ccccc9)cc8c67)c54)cccc32)cc1. The van der Waals surface area contributed by atoms with Gasteiger partial charge in [0.15, 0.2) is 8.07 Å². The first-order valence-corrected chi connectivity index (χ1v) is 24.8. The standard InChI is InChI=1S/C60H40N2SSi/c1-5-20-41(21-6-1)61-53-34-16-14-29-50(53)59-54(61)35-19-36-55(59)62-52-33-15-13-28-46(52)48-31-17-32-49(60(48)62)47-30-18-37-57-58(47)51-40-45(38-39-56(51)63-57)64(42-22-7-2-8-23-42,43-24-9-3-10-25-43)44-26-11-4-12-27-44/h1-40H. The first kappa shape index (κ1) is 36.9. The number of aromatic nitrogens is 2. The van der Waals surface area contributed by atoms with Crippen LogP contribution >= 0.6 is 11.3 Å². The Balaban J connectivity index is 1.12. The molecule has 0 saturated heterocycles. The van der Waals surface area contributed by atoms with Gasteiger partial charge >= 0.3 is 0 Å². The fourth-order valence-corrected chi connectivity index (χ4v) is 16.8.